The fourth-order valence-electron chi connectivity index (χ4n) is 2.58. The number of benzene rings is 2. The molecule has 3 rings (SSSR count). The number of carbonyl (C=O) groups is 2. The van der Waals surface area contributed by atoms with Crippen LogP contribution in [0.15, 0.2) is 53.4 Å². The predicted octanol–water partition coefficient (Wildman–Crippen LogP) is 1.96. The van der Waals surface area contributed by atoms with Crippen LogP contribution in [-0.2, 0) is 19.6 Å². The smallest absolute Gasteiger partial charge is 0.417 e. The highest BCUT2D eigenvalue weighted by atomic mass is 32.2. The van der Waals surface area contributed by atoms with Gasteiger partial charge in [-0.3, -0.25) is 4.79 Å². The van der Waals surface area contributed by atoms with Crippen LogP contribution in [-0.4, -0.2) is 38.5 Å². The van der Waals surface area contributed by atoms with Crippen LogP contribution in [0.4, 0.5) is 13.6 Å². The van der Waals surface area contributed by atoms with Gasteiger partial charge in [-0.25, -0.2) is 31.6 Å². The maximum absolute atomic E-state index is 13.9. The molecule has 2 amide bonds. The van der Waals surface area contributed by atoms with Gasteiger partial charge in [-0.15, -0.1) is 0 Å². The second kappa shape index (κ2) is 7.41. The van der Waals surface area contributed by atoms with Gasteiger partial charge in [0.25, 0.3) is 5.91 Å². The molecule has 1 unspecified atom stereocenters. The molecule has 7 nitrogen and oxygen atoms in total. The van der Waals surface area contributed by atoms with Crippen molar-refractivity contribution in [2.45, 2.75) is 10.9 Å². The third-order valence-electron chi connectivity index (χ3n) is 3.89. The van der Waals surface area contributed by atoms with E-state index < -0.39 is 51.2 Å². The average molecular weight is 396 g/mol. The van der Waals surface area contributed by atoms with E-state index in [9.17, 15) is 26.8 Å². The van der Waals surface area contributed by atoms with Crippen LogP contribution in [0.2, 0.25) is 0 Å². The van der Waals surface area contributed by atoms with Gasteiger partial charge in [0.15, 0.2) is 6.61 Å². The molecule has 27 heavy (non-hydrogen) atoms. The Bertz CT molecular complexity index is 966. The first-order chi connectivity index (χ1) is 12.8. The van der Waals surface area contributed by atoms with Gasteiger partial charge < -0.3 is 4.74 Å². The Kier molecular flexibility index (Phi) is 5.19. The lowest BCUT2D eigenvalue weighted by Gasteiger charge is -2.22. The van der Waals surface area contributed by atoms with Gasteiger partial charge in [-0.1, -0.05) is 30.3 Å². The molecule has 1 heterocycles. The Balaban J connectivity index is 1.93. The molecular weight excluding hydrogens is 382 g/mol. The van der Waals surface area contributed by atoms with Gasteiger partial charge in [-0.05, 0) is 17.7 Å². The molecule has 1 saturated heterocycles. The monoisotopic (exact) mass is 396 g/mol. The van der Waals surface area contributed by atoms with Crippen LogP contribution < -0.4 is 4.72 Å². The molecule has 0 aliphatic carbocycles. The third-order valence-corrected chi connectivity index (χ3v) is 5.39. The number of ether oxygens (including phenoxy) is 1. The molecule has 0 aromatic heterocycles. The van der Waals surface area contributed by atoms with Gasteiger partial charge in [0.1, 0.15) is 16.5 Å². The minimum Gasteiger partial charge on any atom is -0.439 e. The second-order valence-corrected chi connectivity index (χ2v) is 7.40. The van der Waals surface area contributed by atoms with Gasteiger partial charge >= 0.3 is 6.09 Å². The van der Waals surface area contributed by atoms with Crippen molar-refractivity contribution in [3.05, 3.63) is 65.7 Å². The Morgan fingerprint density at radius 3 is 2.41 bits per heavy atom. The highest BCUT2D eigenvalue weighted by molar-refractivity contribution is 7.89. The number of cyclic esters (lactones) is 1. The Labute approximate surface area is 153 Å². The van der Waals surface area contributed by atoms with E-state index in [1.165, 1.54) is 0 Å². The molecule has 1 fully saturated rings. The van der Waals surface area contributed by atoms with Crippen LogP contribution in [0.25, 0.3) is 0 Å². The summed E-state index contributed by atoms with van der Waals surface area (Å²) in [6.07, 6.45) is -0.895. The molecule has 1 aliphatic heterocycles. The molecule has 1 N–H and O–H groups in total. The number of hydrogen-bond donors (Lipinski definition) is 1. The summed E-state index contributed by atoms with van der Waals surface area (Å²) in [7, 11) is -4.41. The van der Waals surface area contributed by atoms with Gasteiger partial charge in [0.2, 0.25) is 10.0 Å². The number of nitrogens with one attached hydrogen (secondary N) is 1. The molecular formula is C17H14F2N2O5S. The number of halogens is 2. The maximum atomic E-state index is 13.9. The van der Waals surface area contributed by atoms with Crippen molar-refractivity contribution in [1.82, 2.24) is 9.62 Å². The van der Waals surface area contributed by atoms with Crippen molar-refractivity contribution < 1.29 is 31.5 Å². The van der Waals surface area contributed by atoms with E-state index in [0.717, 1.165) is 17.0 Å². The summed E-state index contributed by atoms with van der Waals surface area (Å²) in [6, 6.07) is 9.15. The standard InChI is InChI=1S/C17H14F2N2O5S/c18-12-6-7-15(13(19)8-12)27(24,25)20-14(11-4-2-1-3-5-11)9-21-16(22)10-26-17(21)23/h1-8,14,20H,9-10H2. The van der Waals surface area contributed by atoms with E-state index in [1.54, 1.807) is 30.3 Å². The SMILES string of the molecule is O=C1COC(=O)N1CC(NS(=O)(=O)c1ccc(F)cc1F)c1ccccc1. The summed E-state index contributed by atoms with van der Waals surface area (Å²) >= 11 is 0. The molecule has 142 valence electrons. The van der Waals surface area contributed by atoms with Crippen molar-refractivity contribution in [1.29, 1.82) is 0 Å². The van der Waals surface area contributed by atoms with Crippen LogP contribution in [0.3, 0.4) is 0 Å². The van der Waals surface area contributed by atoms with Crippen LogP contribution in [0.5, 0.6) is 0 Å². The molecule has 2 aromatic carbocycles. The van der Waals surface area contributed by atoms with E-state index in [4.69, 9.17) is 0 Å². The third kappa shape index (κ3) is 4.12. The topological polar surface area (TPSA) is 92.8 Å². The Hall–Kier alpha value is -2.85. The van der Waals surface area contributed by atoms with Crippen molar-refractivity contribution in [3.8, 4) is 0 Å². The predicted molar refractivity (Wildman–Crippen MR) is 88.9 cm³/mol. The first-order valence-electron chi connectivity index (χ1n) is 7.77. The van der Waals surface area contributed by atoms with Crippen molar-refractivity contribution >= 4 is 22.0 Å². The molecule has 1 aliphatic rings. The van der Waals surface area contributed by atoms with E-state index in [2.05, 4.69) is 9.46 Å². The zero-order valence-electron chi connectivity index (χ0n) is 13.8. The van der Waals surface area contributed by atoms with Crippen molar-refractivity contribution in [2.24, 2.45) is 0 Å². The number of carbonyl (C=O) groups excluding carboxylic acids is 2. The largest absolute Gasteiger partial charge is 0.439 e. The summed E-state index contributed by atoms with van der Waals surface area (Å²) in [4.78, 5) is 23.5. The zero-order valence-corrected chi connectivity index (χ0v) is 14.6. The summed E-state index contributed by atoms with van der Waals surface area (Å²) < 4.78 is 59.1. The first-order valence-corrected chi connectivity index (χ1v) is 9.26. The Morgan fingerprint density at radius 2 is 1.81 bits per heavy atom. The second-order valence-electron chi connectivity index (χ2n) is 5.72. The van der Waals surface area contributed by atoms with E-state index in [0.29, 0.717) is 11.6 Å². The van der Waals surface area contributed by atoms with E-state index >= 15 is 0 Å². The van der Waals surface area contributed by atoms with Crippen molar-refractivity contribution in [3.63, 3.8) is 0 Å². The number of rotatable bonds is 6. The lowest BCUT2D eigenvalue weighted by Crippen LogP contribution is -2.40. The van der Waals surface area contributed by atoms with Gasteiger partial charge in [-0.2, -0.15) is 0 Å². The molecule has 0 bridgehead atoms. The molecule has 0 radical (unpaired) electrons. The lowest BCUT2D eigenvalue weighted by atomic mass is 10.1. The molecule has 2 aromatic rings. The number of nitrogens with zero attached hydrogens (tertiary/aromatic N) is 1. The summed E-state index contributed by atoms with van der Waals surface area (Å²) in [5, 5.41) is 0. The van der Waals surface area contributed by atoms with Crippen LogP contribution in [0.1, 0.15) is 11.6 Å². The summed E-state index contributed by atoms with van der Waals surface area (Å²) in [5.74, 6) is -2.80. The van der Waals surface area contributed by atoms with E-state index in [1.807, 2.05) is 0 Å². The number of sulfonamides is 1. The fourth-order valence-corrected chi connectivity index (χ4v) is 3.86. The first kappa shape index (κ1) is 18.9. The number of hydrogen-bond acceptors (Lipinski definition) is 5. The van der Waals surface area contributed by atoms with Crippen molar-refractivity contribution in [2.75, 3.05) is 13.2 Å². The Morgan fingerprint density at radius 1 is 1.11 bits per heavy atom. The molecule has 0 spiro atoms. The van der Waals surface area contributed by atoms with Gasteiger partial charge in [0.05, 0.1) is 12.6 Å². The number of imide groups is 1. The minimum absolute atomic E-state index is 0.344. The normalized spacial score (nSPS) is 15.7. The lowest BCUT2D eigenvalue weighted by molar-refractivity contribution is -0.126. The van der Waals surface area contributed by atoms with Crippen LogP contribution >= 0.6 is 0 Å². The summed E-state index contributed by atoms with van der Waals surface area (Å²) in [6.45, 7) is -0.774. The summed E-state index contributed by atoms with van der Waals surface area (Å²) in [5.41, 5.74) is 0.441. The average Bonchev–Trinajstić information content (AvgIpc) is 2.93. The maximum Gasteiger partial charge on any atom is 0.417 e. The minimum atomic E-state index is -4.41. The molecule has 0 saturated carbocycles. The van der Waals surface area contributed by atoms with Crippen LogP contribution in [0, 0.1) is 11.6 Å². The van der Waals surface area contributed by atoms with E-state index in [-0.39, 0.29) is 6.54 Å². The van der Waals surface area contributed by atoms with Gasteiger partial charge in [0, 0.05) is 6.07 Å². The number of amides is 2. The highest BCUT2D eigenvalue weighted by Gasteiger charge is 2.35. The zero-order chi connectivity index (χ0) is 19.6. The fraction of sp³-hybridized carbons (Fsp3) is 0.176. The molecule has 1 atom stereocenters. The highest BCUT2D eigenvalue weighted by Crippen LogP contribution is 2.22. The quantitative estimate of drug-likeness (QED) is 0.806. The molecule has 10 heteroatoms.